The van der Waals surface area contributed by atoms with Crippen LogP contribution in [-0.2, 0) is 4.74 Å². The average Bonchev–Trinajstić information content (AvgIpc) is 1.89. The number of halogens is 1. The SMILES string of the molecule is CCCCOC(=N)CCBr. The molecule has 3 heteroatoms. The van der Waals surface area contributed by atoms with Gasteiger partial charge in [-0.25, -0.2) is 0 Å². The van der Waals surface area contributed by atoms with Crippen molar-refractivity contribution < 1.29 is 4.74 Å². The van der Waals surface area contributed by atoms with Crippen LogP contribution in [0.3, 0.4) is 0 Å². The molecule has 0 rings (SSSR count). The van der Waals surface area contributed by atoms with E-state index in [1.807, 2.05) is 0 Å². The molecule has 0 radical (unpaired) electrons. The predicted octanol–water partition coefficient (Wildman–Crippen LogP) is 2.57. The Hall–Kier alpha value is -0.0500. The molecule has 0 atom stereocenters. The number of rotatable bonds is 5. The fraction of sp³-hybridized carbons (Fsp3) is 0.857. The van der Waals surface area contributed by atoms with Gasteiger partial charge in [-0.05, 0) is 6.42 Å². The lowest BCUT2D eigenvalue weighted by atomic mass is 10.4. The Labute approximate surface area is 70.6 Å². The monoisotopic (exact) mass is 207 g/mol. The van der Waals surface area contributed by atoms with Gasteiger partial charge in [0.25, 0.3) is 0 Å². The number of ether oxygens (including phenoxy) is 1. The van der Waals surface area contributed by atoms with E-state index in [2.05, 4.69) is 22.9 Å². The van der Waals surface area contributed by atoms with Crippen molar-refractivity contribution >= 4 is 21.8 Å². The van der Waals surface area contributed by atoms with Gasteiger partial charge in [-0.3, -0.25) is 5.41 Å². The van der Waals surface area contributed by atoms with Crippen LogP contribution in [0.4, 0.5) is 0 Å². The Bertz CT molecular complexity index is 95.6. The van der Waals surface area contributed by atoms with E-state index in [9.17, 15) is 0 Å². The minimum atomic E-state index is 0.394. The maximum atomic E-state index is 7.21. The number of unbranched alkanes of at least 4 members (excludes halogenated alkanes) is 1. The lowest BCUT2D eigenvalue weighted by Gasteiger charge is -2.03. The molecule has 0 aromatic heterocycles. The van der Waals surface area contributed by atoms with E-state index >= 15 is 0 Å². The first-order valence-corrected chi connectivity index (χ1v) is 4.69. The normalized spacial score (nSPS) is 9.40. The van der Waals surface area contributed by atoms with Crippen LogP contribution in [0.2, 0.25) is 0 Å². The Morgan fingerprint density at radius 2 is 2.30 bits per heavy atom. The van der Waals surface area contributed by atoms with Crippen molar-refractivity contribution in [1.82, 2.24) is 0 Å². The van der Waals surface area contributed by atoms with Gasteiger partial charge in [0.2, 0.25) is 0 Å². The summed E-state index contributed by atoms with van der Waals surface area (Å²) < 4.78 is 5.08. The van der Waals surface area contributed by atoms with E-state index in [1.54, 1.807) is 0 Å². The summed E-state index contributed by atoms with van der Waals surface area (Å²) in [6, 6.07) is 0. The highest BCUT2D eigenvalue weighted by Crippen LogP contribution is 1.94. The topological polar surface area (TPSA) is 33.1 Å². The third-order valence-electron chi connectivity index (χ3n) is 1.10. The van der Waals surface area contributed by atoms with E-state index in [1.165, 1.54) is 0 Å². The van der Waals surface area contributed by atoms with Gasteiger partial charge in [0, 0.05) is 11.8 Å². The number of alkyl halides is 1. The van der Waals surface area contributed by atoms with Crippen molar-refractivity contribution in [3.05, 3.63) is 0 Å². The summed E-state index contributed by atoms with van der Waals surface area (Å²) >= 11 is 3.24. The summed E-state index contributed by atoms with van der Waals surface area (Å²) in [7, 11) is 0. The molecule has 2 nitrogen and oxygen atoms in total. The van der Waals surface area contributed by atoms with Crippen LogP contribution in [0, 0.1) is 5.41 Å². The zero-order valence-corrected chi connectivity index (χ0v) is 7.91. The van der Waals surface area contributed by atoms with E-state index in [0.29, 0.717) is 18.9 Å². The van der Waals surface area contributed by atoms with Gasteiger partial charge in [-0.1, -0.05) is 29.3 Å². The van der Waals surface area contributed by atoms with Crippen molar-refractivity contribution in [3.63, 3.8) is 0 Å². The zero-order chi connectivity index (χ0) is 7.82. The third kappa shape index (κ3) is 6.08. The number of nitrogens with one attached hydrogen (secondary N) is 1. The van der Waals surface area contributed by atoms with E-state index in [4.69, 9.17) is 10.1 Å². The molecule has 0 unspecified atom stereocenters. The van der Waals surface area contributed by atoms with Crippen LogP contribution < -0.4 is 0 Å². The Kier molecular flexibility index (Phi) is 7.03. The first kappa shape index (κ1) is 9.95. The highest BCUT2D eigenvalue weighted by Gasteiger charge is 1.93. The van der Waals surface area contributed by atoms with E-state index in [-0.39, 0.29) is 0 Å². The zero-order valence-electron chi connectivity index (χ0n) is 6.32. The lowest BCUT2D eigenvalue weighted by Crippen LogP contribution is -2.04. The molecule has 0 aromatic rings. The maximum absolute atomic E-state index is 7.21. The average molecular weight is 208 g/mol. The molecule has 0 aliphatic heterocycles. The second kappa shape index (κ2) is 7.06. The van der Waals surface area contributed by atoms with Gasteiger partial charge < -0.3 is 4.74 Å². The molecule has 0 amide bonds. The predicted molar refractivity (Wildman–Crippen MR) is 47.0 cm³/mol. The van der Waals surface area contributed by atoms with Gasteiger partial charge in [0.15, 0.2) is 5.90 Å². The van der Waals surface area contributed by atoms with Crippen LogP contribution in [-0.4, -0.2) is 17.8 Å². The van der Waals surface area contributed by atoms with E-state index in [0.717, 1.165) is 18.2 Å². The van der Waals surface area contributed by atoms with Crippen molar-refractivity contribution in [1.29, 1.82) is 5.41 Å². The first-order chi connectivity index (χ1) is 4.81. The Morgan fingerprint density at radius 3 is 2.80 bits per heavy atom. The van der Waals surface area contributed by atoms with Crippen LogP contribution in [0.25, 0.3) is 0 Å². The molecule has 0 bridgehead atoms. The molecule has 1 N–H and O–H groups in total. The van der Waals surface area contributed by atoms with Crippen molar-refractivity contribution in [3.8, 4) is 0 Å². The molecule has 0 heterocycles. The fourth-order valence-electron chi connectivity index (χ4n) is 0.498. The highest BCUT2D eigenvalue weighted by molar-refractivity contribution is 9.09. The van der Waals surface area contributed by atoms with Gasteiger partial charge in [0.1, 0.15) is 0 Å². The largest absolute Gasteiger partial charge is 0.481 e. The first-order valence-electron chi connectivity index (χ1n) is 3.57. The van der Waals surface area contributed by atoms with Crippen LogP contribution in [0.5, 0.6) is 0 Å². The van der Waals surface area contributed by atoms with Crippen molar-refractivity contribution in [2.75, 3.05) is 11.9 Å². The molecule has 0 aromatic carbocycles. The standard InChI is InChI=1S/C7H14BrNO/c1-2-3-6-10-7(9)4-5-8/h9H,2-6H2,1H3. The molecule has 0 spiro atoms. The minimum absolute atomic E-state index is 0.394. The van der Waals surface area contributed by atoms with Crippen LogP contribution >= 0.6 is 15.9 Å². The van der Waals surface area contributed by atoms with Gasteiger partial charge >= 0.3 is 0 Å². The Morgan fingerprint density at radius 1 is 1.60 bits per heavy atom. The van der Waals surface area contributed by atoms with Crippen LogP contribution in [0.15, 0.2) is 0 Å². The lowest BCUT2D eigenvalue weighted by molar-refractivity contribution is 0.287. The smallest absolute Gasteiger partial charge is 0.181 e. The summed E-state index contributed by atoms with van der Waals surface area (Å²) in [5, 5.41) is 8.03. The summed E-state index contributed by atoms with van der Waals surface area (Å²) in [5.74, 6) is 0.394. The summed E-state index contributed by atoms with van der Waals surface area (Å²) in [6.07, 6.45) is 2.87. The number of hydrogen-bond donors (Lipinski definition) is 1. The minimum Gasteiger partial charge on any atom is -0.481 e. The molecular weight excluding hydrogens is 194 g/mol. The maximum Gasteiger partial charge on any atom is 0.181 e. The molecule has 60 valence electrons. The van der Waals surface area contributed by atoms with Crippen molar-refractivity contribution in [2.45, 2.75) is 26.2 Å². The summed E-state index contributed by atoms with van der Waals surface area (Å²) in [6.45, 7) is 2.81. The van der Waals surface area contributed by atoms with E-state index < -0.39 is 0 Å². The van der Waals surface area contributed by atoms with Crippen LogP contribution in [0.1, 0.15) is 26.2 Å². The summed E-state index contributed by atoms with van der Waals surface area (Å²) in [4.78, 5) is 0. The molecule has 0 saturated carbocycles. The summed E-state index contributed by atoms with van der Waals surface area (Å²) in [5.41, 5.74) is 0. The van der Waals surface area contributed by atoms with Gasteiger partial charge in [-0.15, -0.1) is 0 Å². The van der Waals surface area contributed by atoms with Gasteiger partial charge in [-0.2, -0.15) is 0 Å². The van der Waals surface area contributed by atoms with Crippen molar-refractivity contribution in [2.24, 2.45) is 0 Å². The molecule has 0 aliphatic rings. The molecule has 10 heavy (non-hydrogen) atoms. The van der Waals surface area contributed by atoms with Gasteiger partial charge in [0.05, 0.1) is 6.61 Å². The molecule has 0 fully saturated rings. The highest BCUT2D eigenvalue weighted by atomic mass is 79.9. The second-order valence-corrected chi connectivity index (χ2v) is 2.86. The number of hydrogen-bond acceptors (Lipinski definition) is 2. The molecule has 0 saturated heterocycles. The molecule has 0 aliphatic carbocycles. The second-order valence-electron chi connectivity index (χ2n) is 2.06. The molecular formula is C7H14BrNO. The Balaban J connectivity index is 3.05. The quantitative estimate of drug-likeness (QED) is 0.320. The fourth-order valence-corrected chi connectivity index (χ4v) is 0.858. The third-order valence-corrected chi connectivity index (χ3v) is 1.49.